The normalized spacial score (nSPS) is 11.6. The van der Waals surface area contributed by atoms with Gasteiger partial charge in [-0.25, -0.2) is 9.97 Å². The fourth-order valence-corrected chi connectivity index (χ4v) is 8.05. The van der Waals surface area contributed by atoms with E-state index in [4.69, 9.17) is 32.2 Å². The maximum absolute atomic E-state index is 13.5. The van der Waals surface area contributed by atoms with E-state index in [1.807, 2.05) is 19.2 Å². The zero-order chi connectivity index (χ0) is 28.0. The first-order valence-corrected chi connectivity index (χ1v) is 16.4. The Hall–Kier alpha value is -1.96. The van der Waals surface area contributed by atoms with Crippen LogP contribution in [0.1, 0.15) is 29.2 Å². The van der Waals surface area contributed by atoms with Gasteiger partial charge < -0.3 is 13.6 Å². The number of hydrogen-bond acceptors (Lipinski definition) is 11. The van der Waals surface area contributed by atoms with E-state index >= 15 is 0 Å². The molecule has 1 N–H and O–H groups in total. The second-order valence-corrected chi connectivity index (χ2v) is 13.8. The van der Waals surface area contributed by atoms with Gasteiger partial charge >= 0.3 is 7.60 Å². The molecule has 206 valence electrons. The average Bonchev–Trinajstić information content (AvgIpc) is 3.50. The van der Waals surface area contributed by atoms with E-state index in [2.05, 4.69) is 25.5 Å². The number of aromatic nitrogens is 5. The molecule has 0 fully saturated rings. The summed E-state index contributed by atoms with van der Waals surface area (Å²) in [6.07, 6.45) is 3.19. The molecule has 0 atom stereocenters. The molecule has 10 nitrogen and oxygen atoms in total. The molecule has 0 radical (unpaired) electrons. The summed E-state index contributed by atoms with van der Waals surface area (Å²) in [5, 5.41) is 13.1. The van der Waals surface area contributed by atoms with Crippen molar-refractivity contribution in [1.82, 2.24) is 24.7 Å². The average molecular weight is 646 g/mol. The van der Waals surface area contributed by atoms with Crippen LogP contribution < -0.4 is 5.32 Å². The van der Waals surface area contributed by atoms with Crippen molar-refractivity contribution in [3.05, 3.63) is 63.5 Å². The van der Waals surface area contributed by atoms with Crippen molar-refractivity contribution in [2.45, 2.75) is 40.0 Å². The molecule has 0 spiro atoms. The Balaban J connectivity index is 1.59. The molecule has 0 unspecified atom stereocenters. The Morgan fingerprint density at radius 1 is 1.13 bits per heavy atom. The summed E-state index contributed by atoms with van der Waals surface area (Å²) in [6.45, 7) is 4.02. The van der Waals surface area contributed by atoms with Crippen LogP contribution in [0.25, 0.3) is 0 Å². The number of thiazole rings is 1. The first-order valence-electron chi connectivity index (χ1n) is 11.5. The zero-order valence-electron chi connectivity index (χ0n) is 21.0. The molecule has 4 rings (SSSR count). The van der Waals surface area contributed by atoms with Crippen molar-refractivity contribution in [3.63, 3.8) is 0 Å². The van der Waals surface area contributed by atoms with Gasteiger partial charge in [0.05, 0.1) is 29.4 Å². The highest BCUT2D eigenvalue weighted by molar-refractivity contribution is 7.99. The highest BCUT2D eigenvalue weighted by Crippen LogP contribution is 2.52. The van der Waals surface area contributed by atoms with Crippen LogP contribution >= 0.6 is 65.7 Å². The number of anilines is 1. The maximum atomic E-state index is 13.5. The van der Waals surface area contributed by atoms with Gasteiger partial charge in [-0.05, 0) is 55.9 Å². The lowest BCUT2D eigenvalue weighted by molar-refractivity contribution is 0.101. The number of hydrogen-bond donors (Lipinski definition) is 1. The van der Waals surface area contributed by atoms with E-state index in [0.717, 1.165) is 4.90 Å². The predicted molar refractivity (Wildman–Crippen MR) is 155 cm³/mol. The quantitative estimate of drug-likeness (QED) is 0.157. The highest BCUT2D eigenvalue weighted by atomic mass is 35.5. The molecule has 0 aliphatic heterocycles. The Morgan fingerprint density at radius 3 is 2.56 bits per heavy atom. The van der Waals surface area contributed by atoms with E-state index < -0.39 is 13.5 Å². The van der Waals surface area contributed by atoms with Crippen LogP contribution in [-0.2, 0) is 26.8 Å². The van der Waals surface area contributed by atoms with E-state index in [1.165, 1.54) is 34.9 Å². The van der Waals surface area contributed by atoms with Crippen LogP contribution in [0.4, 0.5) is 5.13 Å². The number of rotatable bonds is 12. The largest absolute Gasteiger partial charge is 0.335 e. The predicted octanol–water partition coefficient (Wildman–Crippen LogP) is 7.29. The molecule has 0 aliphatic rings. The van der Waals surface area contributed by atoms with Gasteiger partial charge in [0, 0.05) is 27.9 Å². The summed E-state index contributed by atoms with van der Waals surface area (Å²) in [4.78, 5) is 24.4. The Bertz CT molecular complexity index is 1510. The number of benzene rings is 1. The van der Waals surface area contributed by atoms with Gasteiger partial charge in [-0.2, -0.15) is 0 Å². The molecule has 3 aromatic heterocycles. The van der Waals surface area contributed by atoms with Crippen molar-refractivity contribution >= 4 is 76.7 Å². The Morgan fingerprint density at radius 2 is 1.90 bits per heavy atom. The van der Waals surface area contributed by atoms with Crippen molar-refractivity contribution in [2.24, 2.45) is 7.05 Å². The van der Waals surface area contributed by atoms with Gasteiger partial charge in [0.1, 0.15) is 17.0 Å². The number of nitrogens with one attached hydrogen (secondary N) is 1. The molecule has 4 aromatic rings. The minimum Gasteiger partial charge on any atom is -0.311 e. The molecule has 1 amide bonds. The molecular weight excluding hydrogens is 622 g/mol. The minimum atomic E-state index is -3.31. The summed E-state index contributed by atoms with van der Waals surface area (Å²) in [6, 6.07) is 8.83. The van der Waals surface area contributed by atoms with Gasteiger partial charge in [0.15, 0.2) is 10.3 Å². The van der Waals surface area contributed by atoms with Gasteiger partial charge in [-0.3, -0.25) is 14.7 Å². The third-order valence-electron chi connectivity index (χ3n) is 4.81. The molecule has 0 aliphatic carbocycles. The summed E-state index contributed by atoms with van der Waals surface area (Å²) in [5.74, 6) is -0.461. The van der Waals surface area contributed by atoms with Crippen LogP contribution in [0.3, 0.4) is 0 Å². The molecule has 0 saturated heterocycles. The number of nitrogens with zero attached hydrogens (tertiary/aromatic N) is 5. The van der Waals surface area contributed by atoms with E-state index in [1.54, 1.807) is 49.1 Å². The number of halogens is 2. The first-order chi connectivity index (χ1) is 18.7. The smallest absolute Gasteiger partial charge is 0.311 e. The van der Waals surface area contributed by atoms with E-state index in [-0.39, 0.29) is 25.1 Å². The van der Waals surface area contributed by atoms with Crippen LogP contribution in [0, 0.1) is 0 Å². The Kier molecular flexibility index (Phi) is 10.5. The summed E-state index contributed by atoms with van der Waals surface area (Å²) in [7, 11) is -1.49. The molecule has 39 heavy (non-hydrogen) atoms. The zero-order valence-corrected chi connectivity index (χ0v) is 25.8. The fraction of sp³-hybridized carbons (Fsp3) is 0.261. The fourth-order valence-electron chi connectivity index (χ4n) is 3.16. The lowest BCUT2D eigenvalue weighted by atomic mass is 10.3. The second-order valence-electron chi connectivity index (χ2n) is 7.69. The van der Waals surface area contributed by atoms with Crippen LogP contribution in [0.2, 0.25) is 10.0 Å². The third-order valence-corrected chi connectivity index (χ3v) is 10.7. The molecule has 0 saturated carbocycles. The summed E-state index contributed by atoms with van der Waals surface area (Å²) in [5.41, 5.74) is 0.185. The van der Waals surface area contributed by atoms with Crippen LogP contribution in [0.15, 0.2) is 62.8 Å². The lowest BCUT2D eigenvalue weighted by Gasteiger charge is -2.15. The molecule has 3 heterocycles. The number of carbonyl (C=O) groups is 1. The standard InChI is InChI=1S/C23H23Cl2N6O4PS3/c1-4-34-36(33,35-5-2)12-15-11-26-22(38-15)29-21(32)20-18(37-14-6-7-16(24)17(25)10-14)8-9-19(28-20)39-23-30-27-13-31(23)3/h6-11,13H,4-5,12H2,1-3H3,(H,26,29,32). The van der Waals surface area contributed by atoms with Crippen LogP contribution in [0.5, 0.6) is 0 Å². The van der Waals surface area contributed by atoms with Crippen molar-refractivity contribution < 1.29 is 18.4 Å². The first kappa shape index (κ1) is 30.0. The van der Waals surface area contributed by atoms with Crippen molar-refractivity contribution in [2.75, 3.05) is 18.5 Å². The number of pyridine rings is 1. The monoisotopic (exact) mass is 644 g/mol. The lowest BCUT2D eigenvalue weighted by Crippen LogP contribution is -2.15. The Labute approximate surface area is 247 Å². The minimum absolute atomic E-state index is 0.0583. The summed E-state index contributed by atoms with van der Waals surface area (Å²) >= 11 is 16.0. The van der Waals surface area contributed by atoms with E-state index in [0.29, 0.717) is 35.1 Å². The summed E-state index contributed by atoms with van der Waals surface area (Å²) < 4.78 is 25.4. The second kappa shape index (κ2) is 13.6. The van der Waals surface area contributed by atoms with Gasteiger partial charge in [0.2, 0.25) is 0 Å². The van der Waals surface area contributed by atoms with Gasteiger partial charge in [-0.15, -0.1) is 21.5 Å². The van der Waals surface area contributed by atoms with Crippen LogP contribution in [-0.4, -0.2) is 43.9 Å². The molecular formula is C23H23Cl2N6O4PS3. The number of carbonyl (C=O) groups excluding carboxylic acids is 1. The molecule has 0 bridgehead atoms. The number of aryl methyl sites for hydroxylation is 1. The maximum Gasteiger partial charge on any atom is 0.335 e. The number of amides is 1. The molecule has 16 heteroatoms. The topological polar surface area (TPSA) is 121 Å². The van der Waals surface area contributed by atoms with Gasteiger partial charge in [-0.1, -0.05) is 35.0 Å². The SMILES string of the molecule is CCOP(=O)(Cc1cnc(NC(=O)c2nc(Sc3nncn3C)ccc2Sc2ccc(Cl)c(Cl)c2)s1)OCC. The van der Waals surface area contributed by atoms with Crippen molar-refractivity contribution in [3.8, 4) is 0 Å². The van der Waals surface area contributed by atoms with Crippen molar-refractivity contribution in [1.29, 1.82) is 0 Å². The van der Waals surface area contributed by atoms with Gasteiger partial charge in [0.25, 0.3) is 5.91 Å². The molecule has 1 aromatic carbocycles. The van der Waals surface area contributed by atoms with E-state index in [9.17, 15) is 9.36 Å². The third kappa shape index (κ3) is 8.05. The highest BCUT2D eigenvalue weighted by Gasteiger charge is 2.26.